The molecule has 0 fully saturated rings. The van der Waals surface area contributed by atoms with Crippen molar-refractivity contribution in [3.8, 4) is 0 Å². The highest BCUT2D eigenvalue weighted by molar-refractivity contribution is 7.09. The Bertz CT molecular complexity index is 653. The summed E-state index contributed by atoms with van der Waals surface area (Å²) in [5.74, 6) is -0.299. The SMILES string of the molecule is Cc1nsc(NC(=O)c2cccc(C(F)(F)F)c2N)n1. The van der Waals surface area contributed by atoms with Crippen molar-refractivity contribution in [3.63, 3.8) is 0 Å². The van der Waals surface area contributed by atoms with Crippen LogP contribution in [0.4, 0.5) is 24.0 Å². The van der Waals surface area contributed by atoms with Crippen molar-refractivity contribution >= 4 is 28.3 Å². The highest BCUT2D eigenvalue weighted by Crippen LogP contribution is 2.35. The van der Waals surface area contributed by atoms with Crippen LogP contribution in [0.3, 0.4) is 0 Å². The third-order valence-corrected chi connectivity index (χ3v) is 3.13. The molecule has 1 amide bonds. The quantitative estimate of drug-likeness (QED) is 0.836. The number of aryl methyl sites for hydroxylation is 1. The van der Waals surface area contributed by atoms with E-state index in [-0.39, 0.29) is 10.7 Å². The van der Waals surface area contributed by atoms with Gasteiger partial charge in [-0.25, -0.2) is 4.98 Å². The maximum Gasteiger partial charge on any atom is 0.418 e. The topological polar surface area (TPSA) is 80.9 Å². The number of halogens is 3. The van der Waals surface area contributed by atoms with Gasteiger partial charge in [0.2, 0.25) is 5.13 Å². The van der Waals surface area contributed by atoms with E-state index in [0.29, 0.717) is 5.82 Å². The molecule has 1 aromatic heterocycles. The van der Waals surface area contributed by atoms with Crippen LogP contribution >= 0.6 is 11.5 Å². The van der Waals surface area contributed by atoms with Crippen LogP contribution in [0, 0.1) is 6.92 Å². The van der Waals surface area contributed by atoms with Crippen molar-refractivity contribution in [1.82, 2.24) is 9.36 Å². The summed E-state index contributed by atoms with van der Waals surface area (Å²) in [6.45, 7) is 1.63. The second kappa shape index (κ2) is 5.08. The Morgan fingerprint density at radius 1 is 1.40 bits per heavy atom. The van der Waals surface area contributed by atoms with Crippen molar-refractivity contribution in [2.75, 3.05) is 11.1 Å². The number of carbonyl (C=O) groups is 1. The molecule has 0 aliphatic carbocycles. The molecular weight excluding hydrogens is 293 g/mol. The van der Waals surface area contributed by atoms with E-state index in [2.05, 4.69) is 14.7 Å². The molecule has 0 saturated carbocycles. The molecule has 3 N–H and O–H groups in total. The van der Waals surface area contributed by atoms with E-state index in [1.807, 2.05) is 0 Å². The molecule has 0 bridgehead atoms. The molecule has 2 aromatic rings. The van der Waals surface area contributed by atoms with Crippen LogP contribution < -0.4 is 11.1 Å². The van der Waals surface area contributed by atoms with Gasteiger partial charge >= 0.3 is 6.18 Å². The number of anilines is 2. The first-order chi connectivity index (χ1) is 9.29. The van der Waals surface area contributed by atoms with Crippen LogP contribution in [0.15, 0.2) is 18.2 Å². The number of alkyl halides is 3. The largest absolute Gasteiger partial charge is 0.418 e. The molecule has 0 saturated heterocycles. The fourth-order valence-corrected chi connectivity index (χ4v) is 2.09. The number of rotatable bonds is 2. The van der Waals surface area contributed by atoms with Crippen molar-refractivity contribution in [1.29, 1.82) is 0 Å². The maximum atomic E-state index is 12.7. The molecular formula is C11H9F3N4OS. The van der Waals surface area contributed by atoms with E-state index >= 15 is 0 Å². The Morgan fingerprint density at radius 2 is 2.10 bits per heavy atom. The van der Waals surface area contributed by atoms with Gasteiger partial charge in [0, 0.05) is 11.5 Å². The van der Waals surface area contributed by atoms with E-state index in [0.717, 1.165) is 23.7 Å². The zero-order valence-electron chi connectivity index (χ0n) is 10.2. The molecule has 1 heterocycles. The van der Waals surface area contributed by atoms with E-state index in [1.165, 1.54) is 6.07 Å². The zero-order valence-corrected chi connectivity index (χ0v) is 11.0. The molecule has 0 aliphatic rings. The summed E-state index contributed by atoms with van der Waals surface area (Å²) >= 11 is 0.932. The summed E-state index contributed by atoms with van der Waals surface area (Å²) in [6.07, 6.45) is -4.61. The average Bonchev–Trinajstić information content (AvgIpc) is 2.73. The van der Waals surface area contributed by atoms with Gasteiger partial charge in [0.05, 0.1) is 16.8 Å². The summed E-state index contributed by atoms with van der Waals surface area (Å²) in [4.78, 5) is 15.8. The average molecular weight is 302 g/mol. The molecule has 0 aliphatic heterocycles. The van der Waals surface area contributed by atoms with Gasteiger partial charge in [-0.2, -0.15) is 17.5 Å². The van der Waals surface area contributed by atoms with Crippen LogP contribution in [0.2, 0.25) is 0 Å². The number of hydrogen-bond donors (Lipinski definition) is 2. The number of nitrogens with two attached hydrogens (primary N) is 1. The third-order valence-electron chi connectivity index (χ3n) is 2.40. The van der Waals surface area contributed by atoms with Gasteiger partial charge in [-0.15, -0.1) is 0 Å². The molecule has 0 unspecified atom stereocenters. The molecule has 5 nitrogen and oxygen atoms in total. The number of aromatic nitrogens is 2. The van der Waals surface area contributed by atoms with Crippen LogP contribution in [0.1, 0.15) is 21.7 Å². The summed E-state index contributed by atoms with van der Waals surface area (Å²) < 4.78 is 41.9. The Balaban J connectivity index is 2.31. The Kier molecular flexibility index (Phi) is 3.62. The summed E-state index contributed by atoms with van der Waals surface area (Å²) in [5, 5.41) is 2.56. The minimum absolute atomic E-state index is 0.198. The Hall–Kier alpha value is -2.16. The molecule has 0 radical (unpaired) electrons. The number of amides is 1. The first-order valence-electron chi connectivity index (χ1n) is 5.36. The summed E-state index contributed by atoms with van der Waals surface area (Å²) in [5.41, 5.74) is 3.50. The zero-order chi connectivity index (χ0) is 14.9. The molecule has 20 heavy (non-hydrogen) atoms. The minimum atomic E-state index is -4.61. The van der Waals surface area contributed by atoms with Crippen molar-refractivity contribution < 1.29 is 18.0 Å². The van der Waals surface area contributed by atoms with Gasteiger partial charge in [0.25, 0.3) is 5.91 Å². The molecule has 0 spiro atoms. The number of para-hydroxylation sites is 1. The number of benzene rings is 1. The van der Waals surface area contributed by atoms with E-state index in [9.17, 15) is 18.0 Å². The number of nitrogen functional groups attached to an aromatic ring is 1. The first-order valence-corrected chi connectivity index (χ1v) is 6.13. The lowest BCUT2D eigenvalue weighted by molar-refractivity contribution is -0.136. The lowest BCUT2D eigenvalue weighted by atomic mass is 10.1. The van der Waals surface area contributed by atoms with Gasteiger partial charge < -0.3 is 5.73 Å². The predicted molar refractivity (Wildman–Crippen MR) is 68.5 cm³/mol. The van der Waals surface area contributed by atoms with Gasteiger partial charge in [-0.3, -0.25) is 10.1 Å². The Labute approximate surface area is 115 Å². The maximum absolute atomic E-state index is 12.7. The van der Waals surface area contributed by atoms with Gasteiger partial charge in [-0.1, -0.05) is 6.07 Å². The minimum Gasteiger partial charge on any atom is -0.398 e. The highest BCUT2D eigenvalue weighted by Gasteiger charge is 2.34. The lowest BCUT2D eigenvalue weighted by Gasteiger charge is -2.12. The second-order valence-corrected chi connectivity index (χ2v) is 4.62. The first kappa shape index (κ1) is 14.3. The van der Waals surface area contributed by atoms with Crippen LogP contribution in [-0.2, 0) is 6.18 Å². The number of carbonyl (C=O) groups excluding carboxylic acids is 1. The van der Waals surface area contributed by atoms with E-state index < -0.39 is 23.3 Å². The summed E-state index contributed by atoms with van der Waals surface area (Å²) in [6, 6.07) is 3.16. The number of hydrogen-bond acceptors (Lipinski definition) is 5. The smallest absolute Gasteiger partial charge is 0.398 e. The fraction of sp³-hybridized carbons (Fsp3) is 0.182. The third kappa shape index (κ3) is 2.87. The number of nitrogens with one attached hydrogen (secondary N) is 1. The van der Waals surface area contributed by atoms with Crippen molar-refractivity contribution in [3.05, 3.63) is 35.2 Å². The molecule has 2 rings (SSSR count). The van der Waals surface area contributed by atoms with Gasteiger partial charge in [0.15, 0.2) is 0 Å². The van der Waals surface area contributed by atoms with E-state index in [1.54, 1.807) is 6.92 Å². The van der Waals surface area contributed by atoms with Crippen molar-refractivity contribution in [2.24, 2.45) is 0 Å². The van der Waals surface area contributed by atoms with E-state index in [4.69, 9.17) is 5.73 Å². The van der Waals surface area contributed by atoms with Gasteiger partial charge in [-0.05, 0) is 19.1 Å². The predicted octanol–water partition coefficient (Wildman–Crippen LogP) is 2.70. The fourth-order valence-electron chi connectivity index (χ4n) is 1.52. The summed E-state index contributed by atoms with van der Waals surface area (Å²) in [7, 11) is 0. The Morgan fingerprint density at radius 3 is 2.65 bits per heavy atom. The highest BCUT2D eigenvalue weighted by atomic mass is 32.1. The molecule has 9 heteroatoms. The van der Waals surface area contributed by atoms with Crippen LogP contribution in [0.25, 0.3) is 0 Å². The standard InChI is InChI=1S/C11H9F3N4OS/c1-5-16-10(20-18-5)17-9(19)6-3-2-4-7(8(6)15)11(12,13)14/h2-4H,15H2,1H3,(H,16,17,18,19). The van der Waals surface area contributed by atoms with Crippen molar-refractivity contribution in [2.45, 2.75) is 13.1 Å². The van der Waals surface area contributed by atoms with Crippen LogP contribution in [-0.4, -0.2) is 15.3 Å². The molecule has 106 valence electrons. The lowest BCUT2D eigenvalue weighted by Crippen LogP contribution is -2.17. The molecule has 1 aromatic carbocycles. The molecule has 0 atom stereocenters. The monoisotopic (exact) mass is 302 g/mol. The number of nitrogens with zero attached hydrogens (tertiary/aromatic N) is 2. The second-order valence-electron chi connectivity index (χ2n) is 3.87. The van der Waals surface area contributed by atoms with Crippen LogP contribution in [0.5, 0.6) is 0 Å². The normalized spacial score (nSPS) is 11.4. The van der Waals surface area contributed by atoms with Gasteiger partial charge in [0.1, 0.15) is 5.82 Å².